The van der Waals surface area contributed by atoms with Gasteiger partial charge in [0, 0.05) is 11.3 Å². The Morgan fingerprint density at radius 2 is 1.44 bits per heavy atom. The lowest BCUT2D eigenvalue weighted by atomic mass is 10.1. The zero-order valence-electron chi connectivity index (χ0n) is 18.4. The molecule has 34 heavy (non-hydrogen) atoms. The van der Waals surface area contributed by atoms with Gasteiger partial charge < -0.3 is 10.6 Å². The van der Waals surface area contributed by atoms with Crippen molar-refractivity contribution in [2.45, 2.75) is 19.9 Å². The Labute approximate surface area is 194 Å². The Morgan fingerprint density at radius 1 is 0.853 bits per heavy atom. The molecule has 2 amide bonds. The van der Waals surface area contributed by atoms with Crippen LogP contribution in [0.3, 0.4) is 0 Å². The number of nitrogens with one attached hydrogen (secondary N) is 2. The molecule has 0 spiro atoms. The second-order valence-corrected chi connectivity index (χ2v) is 7.65. The van der Waals surface area contributed by atoms with Crippen LogP contribution < -0.4 is 10.6 Å². The number of benzene rings is 3. The molecule has 0 saturated heterocycles. The van der Waals surface area contributed by atoms with Crippen molar-refractivity contribution in [3.8, 4) is 5.69 Å². The summed E-state index contributed by atoms with van der Waals surface area (Å²) in [6.45, 7) is 3.52. The minimum atomic E-state index is -0.454. The molecule has 0 aliphatic heterocycles. The first-order chi connectivity index (χ1) is 16.3. The lowest BCUT2D eigenvalue weighted by molar-refractivity contribution is 0.0928. The fourth-order valence-corrected chi connectivity index (χ4v) is 3.32. The minimum Gasteiger partial charge on any atom is -0.343 e. The van der Waals surface area contributed by atoms with E-state index in [1.807, 2.05) is 6.92 Å². The molecule has 2 N–H and O–H groups in total. The van der Waals surface area contributed by atoms with E-state index in [-0.39, 0.29) is 23.6 Å². The molecule has 1 aromatic heterocycles. The second kappa shape index (κ2) is 9.62. The zero-order valence-corrected chi connectivity index (χ0v) is 18.4. The summed E-state index contributed by atoms with van der Waals surface area (Å²) in [5.41, 5.74) is 2.31. The number of aromatic nitrogens is 3. The van der Waals surface area contributed by atoms with E-state index >= 15 is 0 Å². The van der Waals surface area contributed by atoms with E-state index in [9.17, 15) is 18.4 Å². The summed E-state index contributed by atoms with van der Waals surface area (Å²) in [7, 11) is 0. The van der Waals surface area contributed by atoms with Crippen LogP contribution >= 0.6 is 0 Å². The number of hydrogen-bond acceptors (Lipinski definition) is 4. The number of halogens is 2. The van der Waals surface area contributed by atoms with Crippen LogP contribution in [0, 0.1) is 18.6 Å². The van der Waals surface area contributed by atoms with Crippen molar-refractivity contribution in [1.29, 1.82) is 0 Å². The van der Waals surface area contributed by atoms with Crippen LogP contribution in [-0.4, -0.2) is 26.6 Å². The van der Waals surface area contributed by atoms with Crippen LogP contribution in [0.4, 0.5) is 14.5 Å². The highest BCUT2D eigenvalue weighted by atomic mass is 19.1. The highest BCUT2D eigenvalue weighted by Gasteiger charge is 2.18. The number of aryl methyl sites for hydroxylation is 1. The van der Waals surface area contributed by atoms with Crippen LogP contribution in [0.25, 0.3) is 5.69 Å². The van der Waals surface area contributed by atoms with Crippen molar-refractivity contribution in [2.24, 2.45) is 0 Å². The smallest absolute Gasteiger partial charge is 0.291 e. The maximum Gasteiger partial charge on any atom is 0.291 e. The molecule has 3 aromatic carbocycles. The number of hydrogen-bond donors (Lipinski definition) is 2. The van der Waals surface area contributed by atoms with E-state index in [1.165, 1.54) is 41.1 Å². The van der Waals surface area contributed by atoms with E-state index in [4.69, 9.17) is 0 Å². The first-order valence-corrected chi connectivity index (χ1v) is 10.5. The van der Waals surface area contributed by atoms with Gasteiger partial charge in [0.1, 0.15) is 17.5 Å². The molecule has 4 rings (SSSR count). The van der Waals surface area contributed by atoms with Gasteiger partial charge in [-0.05, 0) is 80.1 Å². The SMILES string of the molecule is Cc1nc(C(=O)NC(C)c2ccc(NC(=O)c3ccc(F)cc3)cc2)nn1-c1ccc(F)cc1. The summed E-state index contributed by atoms with van der Waals surface area (Å²) in [6, 6.07) is 17.6. The number of carbonyl (C=O) groups excluding carboxylic acids is 2. The van der Waals surface area contributed by atoms with Gasteiger partial charge in [-0.15, -0.1) is 5.10 Å². The topological polar surface area (TPSA) is 88.9 Å². The van der Waals surface area contributed by atoms with Gasteiger partial charge in [-0.3, -0.25) is 9.59 Å². The predicted octanol–water partition coefficient (Wildman–Crippen LogP) is 4.60. The fraction of sp³-hybridized carbons (Fsp3) is 0.120. The van der Waals surface area contributed by atoms with E-state index in [0.29, 0.717) is 22.8 Å². The van der Waals surface area contributed by atoms with E-state index in [1.54, 1.807) is 43.3 Å². The minimum absolute atomic E-state index is 0.00291. The number of nitrogens with zero attached hydrogens (tertiary/aromatic N) is 3. The Kier molecular flexibility index (Phi) is 6.44. The van der Waals surface area contributed by atoms with Crippen molar-refractivity contribution in [2.75, 3.05) is 5.32 Å². The summed E-state index contributed by atoms with van der Waals surface area (Å²) in [5.74, 6) is -1.10. The van der Waals surface area contributed by atoms with Crippen molar-refractivity contribution >= 4 is 17.5 Å². The largest absolute Gasteiger partial charge is 0.343 e. The van der Waals surface area contributed by atoms with Crippen molar-refractivity contribution in [3.05, 3.63) is 107 Å². The van der Waals surface area contributed by atoms with Gasteiger partial charge >= 0.3 is 0 Å². The molecule has 0 aliphatic carbocycles. The Hall–Kier alpha value is -4.40. The summed E-state index contributed by atoms with van der Waals surface area (Å²) >= 11 is 0. The molecule has 0 fully saturated rings. The summed E-state index contributed by atoms with van der Waals surface area (Å²) < 4.78 is 27.7. The van der Waals surface area contributed by atoms with Gasteiger partial charge in [0.25, 0.3) is 11.8 Å². The third-order valence-electron chi connectivity index (χ3n) is 5.17. The first-order valence-electron chi connectivity index (χ1n) is 10.5. The molecule has 0 radical (unpaired) electrons. The van der Waals surface area contributed by atoms with E-state index in [2.05, 4.69) is 20.7 Å². The molecule has 0 saturated carbocycles. The summed E-state index contributed by atoms with van der Waals surface area (Å²) in [6.07, 6.45) is 0. The lowest BCUT2D eigenvalue weighted by Gasteiger charge is -2.14. The molecule has 1 heterocycles. The average molecular weight is 461 g/mol. The van der Waals surface area contributed by atoms with E-state index < -0.39 is 11.7 Å². The monoisotopic (exact) mass is 461 g/mol. The number of amides is 2. The number of carbonyl (C=O) groups is 2. The molecule has 1 atom stereocenters. The number of rotatable bonds is 6. The lowest BCUT2D eigenvalue weighted by Crippen LogP contribution is -2.27. The van der Waals surface area contributed by atoms with Gasteiger partial charge in [0.2, 0.25) is 5.82 Å². The molecule has 4 aromatic rings. The van der Waals surface area contributed by atoms with Gasteiger partial charge in [-0.1, -0.05) is 12.1 Å². The quantitative estimate of drug-likeness (QED) is 0.439. The second-order valence-electron chi connectivity index (χ2n) is 7.65. The molecular weight excluding hydrogens is 440 g/mol. The normalized spacial score (nSPS) is 11.6. The van der Waals surface area contributed by atoms with Crippen LogP contribution in [0.1, 0.15) is 45.3 Å². The fourth-order valence-electron chi connectivity index (χ4n) is 3.32. The standard InChI is InChI=1S/C25H21F2N5O2/c1-15(17-5-11-21(12-6-17)30-24(33)18-3-7-19(26)8-4-18)28-25(34)23-29-16(2)32(31-23)22-13-9-20(27)10-14-22/h3-15H,1-2H3,(H,28,34)(H,30,33). The predicted molar refractivity (Wildman–Crippen MR) is 123 cm³/mol. The molecule has 7 nitrogen and oxygen atoms in total. The van der Waals surface area contributed by atoms with Crippen molar-refractivity contribution < 1.29 is 18.4 Å². The van der Waals surface area contributed by atoms with Crippen LogP contribution in [0.5, 0.6) is 0 Å². The van der Waals surface area contributed by atoms with Gasteiger partial charge in [0.15, 0.2) is 0 Å². The Bertz CT molecular complexity index is 1320. The molecule has 0 bridgehead atoms. The summed E-state index contributed by atoms with van der Waals surface area (Å²) in [4.78, 5) is 29.2. The Balaban J connectivity index is 1.39. The van der Waals surface area contributed by atoms with Crippen LogP contribution in [0.2, 0.25) is 0 Å². The Morgan fingerprint density at radius 3 is 2.06 bits per heavy atom. The molecule has 1 unspecified atom stereocenters. The first kappa shape index (κ1) is 22.8. The maximum atomic E-state index is 13.2. The van der Waals surface area contributed by atoms with Gasteiger partial charge in [-0.25, -0.2) is 18.4 Å². The highest BCUT2D eigenvalue weighted by Crippen LogP contribution is 2.18. The average Bonchev–Trinajstić information content (AvgIpc) is 3.22. The third kappa shape index (κ3) is 5.15. The van der Waals surface area contributed by atoms with Crippen molar-refractivity contribution in [1.82, 2.24) is 20.1 Å². The summed E-state index contributed by atoms with van der Waals surface area (Å²) in [5, 5.41) is 9.83. The van der Waals surface area contributed by atoms with Crippen LogP contribution in [-0.2, 0) is 0 Å². The van der Waals surface area contributed by atoms with Crippen molar-refractivity contribution in [3.63, 3.8) is 0 Å². The highest BCUT2D eigenvalue weighted by molar-refractivity contribution is 6.04. The van der Waals surface area contributed by atoms with Gasteiger partial charge in [-0.2, -0.15) is 0 Å². The van der Waals surface area contributed by atoms with Crippen LogP contribution in [0.15, 0.2) is 72.8 Å². The zero-order chi connectivity index (χ0) is 24.2. The maximum absolute atomic E-state index is 13.2. The van der Waals surface area contributed by atoms with Gasteiger partial charge in [0.05, 0.1) is 11.7 Å². The molecular formula is C25H21F2N5O2. The number of anilines is 1. The molecule has 9 heteroatoms. The molecule has 172 valence electrons. The van der Waals surface area contributed by atoms with E-state index in [0.717, 1.165) is 5.56 Å². The third-order valence-corrected chi connectivity index (χ3v) is 5.17. The molecule has 0 aliphatic rings.